The van der Waals surface area contributed by atoms with E-state index in [1.165, 1.54) is 0 Å². The highest BCUT2D eigenvalue weighted by Crippen LogP contribution is 2.37. The van der Waals surface area contributed by atoms with Crippen LogP contribution in [0.5, 0.6) is 0 Å². The lowest BCUT2D eigenvalue weighted by Crippen LogP contribution is -2.41. The minimum Gasteiger partial charge on any atom is -0.348 e. The van der Waals surface area contributed by atoms with E-state index in [1.54, 1.807) is 0 Å². The number of fused-ring (bicyclic) bond motifs is 1. The molecule has 1 N–H and O–H groups in total. The molecule has 5 nitrogen and oxygen atoms in total. The molecule has 3 rings (SSSR count). The second-order valence-corrected chi connectivity index (χ2v) is 7.43. The number of benzene rings is 1. The first-order valence-electron chi connectivity index (χ1n) is 8.38. The van der Waals surface area contributed by atoms with Crippen molar-refractivity contribution in [3.05, 3.63) is 34.3 Å². The van der Waals surface area contributed by atoms with E-state index >= 15 is 0 Å². The fourth-order valence-corrected chi connectivity index (χ4v) is 4.35. The van der Waals surface area contributed by atoms with E-state index in [9.17, 15) is 14.4 Å². The molecule has 3 atom stereocenters. The monoisotopic (exact) mass is 392 g/mol. The fraction of sp³-hybridized carbons (Fsp3) is 0.500. The first kappa shape index (κ1) is 17.1. The number of hydrogen-bond acceptors (Lipinski definition) is 3. The third-order valence-electron chi connectivity index (χ3n) is 4.98. The number of rotatable bonds is 4. The zero-order valence-corrected chi connectivity index (χ0v) is 15.2. The summed E-state index contributed by atoms with van der Waals surface area (Å²) in [6, 6.07) is 7.45. The Bertz CT molecular complexity index is 652. The van der Waals surface area contributed by atoms with Crippen molar-refractivity contribution in [3.8, 4) is 0 Å². The second kappa shape index (κ2) is 7.05. The Morgan fingerprint density at radius 2 is 1.79 bits per heavy atom. The van der Waals surface area contributed by atoms with Crippen molar-refractivity contribution in [3.63, 3.8) is 0 Å². The van der Waals surface area contributed by atoms with E-state index in [0.717, 1.165) is 40.6 Å². The van der Waals surface area contributed by atoms with Crippen LogP contribution in [0.2, 0.25) is 0 Å². The van der Waals surface area contributed by atoms with E-state index in [1.807, 2.05) is 31.2 Å². The van der Waals surface area contributed by atoms with E-state index in [4.69, 9.17) is 0 Å². The van der Waals surface area contributed by atoms with Gasteiger partial charge in [0.1, 0.15) is 6.54 Å². The highest BCUT2D eigenvalue weighted by molar-refractivity contribution is 9.10. The van der Waals surface area contributed by atoms with Gasteiger partial charge in [0.25, 0.3) is 0 Å². The molecular weight excluding hydrogens is 372 g/mol. The molecule has 1 heterocycles. The zero-order chi connectivity index (χ0) is 17.3. The molecule has 6 heteroatoms. The van der Waals surface area contributed by atoms with Gasteiger partial charge in [0.05, 0.1) is 17.9 Å². The largest absolute Gasteiger partial charge is 0.348 e. The molecule has 0 spiro atoms. The number of carbonyl (C=O) groups is 3. The number of hydrogen-bond donors (Lipinski definition) is 1. The molecule has 1 aliphatic carbocycles. The topological polar surface area (TPSA) is 66.5 Å². The fourth-order valence-electron chi connectivity index (χ4n) is 3.72. The zero-order valence-electron chi connectivity index (χ0n) is 13.6. The predicted molar refractivity (Wildman–Crippen MR) is 92.9 cm³/mol. The van der Waals surface area contributed by atoms with Gasteiger partial charge in [-0.3, -0.25) is 19.3 Å². The van der Waals surface area contributed by atoms with E-state index in [2.05, 4.69) is 21.2 Å². The normalized spacial score (nSPS) is 24.7. The van der Waals surface area contributed by atoms with Gasteiger partial charge in [-0.25, -0.2) is 0 Å². The number of nitrogens with zero attached hydrogens (tertiary/aromatic N) is 1. The average molecular weight is 393 g/mol. The highest BCUT2D eigenvalue weighted by atomic mass is 79.9. The van der Waals surface area contributed by atoms with Gasteiger partial charge in [0.15, 0.2) is 0 Å². The molecule has 3 amide bonds. The van der Waals surface area contributed by atoms with Crippen molar-refractivity contribution in [2.24, 2.45) is 11.8 Å². The Morgan fingerprint density at radius 1 is 1.21 bits per heavy atom. The molecule has 0 aromatic heterocycles. The van der Waals surface area contributed by atoms with Crippen LogP contribution in [-0.4, -0.2) is 29.2 Å². The van der Waals surface area contributed by atoms with Crippen molar-refractivity contribution in [2.45, 2.75) is 38.6 Å². The van der Waals surface area contributed by atoms with Gasteiger partial charge < -0.3 is 5.32 Å². The molecule has 24 heavy (non-hydrogen) atoms. The standard InChI is InChI=1S/C18H21BrN2O3/c1-11(12-6-4-5-9-15(12)19)20-16(22)10-21-17(23)13-7-2-3-8-14(13)18(21)24/h4-6,9,11,13-14H,2-3,7-8,10H2,1H3,(H,20,22). The number of nitrogens with one attached hydrogen (secondary N) is 1. The second-order valence-electron chi connectivity index (χ2n) is 6.57. The molecule has 0 bridgehead atoms. The van der Waals surface area contributed by atoms with Crippen molar-refractivity contribution in [2.75, 3.05) is 6.54 Å². The van der Waals surface area contributed by atoms with Gasteiger partial charge in [-0.15, -0.1) is 0 Å². The molecule has 2 aliphatic rings. The predicted octanol–water partition coefficient (Wildman–Crippen LogP) is 2.80. The molecule has 1 aromatic rings. The van der Waals surface area contributed by atoms with Gasteiger partial charge >= 0.3 is 0 Å². The van der Waals surface area contributed by atoms with Crippen molar-refractivity contribution < 1.29 is 14.4 Å². The summed E-state index contributed by atoms with van der Waals surface area (Å²) in [5, 5.41) is 2.87. The quantitative estimate of drug-likeness (QED) is 0.801. The lowest BCUT2D eigenvalue weighted by molar-refractivity contribution is -0.143. The summed E-state index contributed by atoms with van der Waals surface area (Å²) in [5.41, 5.74) is 0.957. The van der Waals surface area contributed by atoms with E-state index < -0.39 is 0 Å². The van der Waals surface area contributed by atoms with Gasteiger partial charge in [-0.1, -0.05) is 47.0 Å². The Labute approximate surface area is 149 Å². The number of imide groups is 1. The molecule has 128 valence electrons. The van der Waals surface area contributed by atoms with Crippen LogP contribution in [0, 0.1) is 11.8 Å². The lowest BCUT2D eigenvalue weighted by atomic mass is 9.81. The summed E-state index contributed by atoms with van der Waals surface area (Å²) in [6.45, 7) is 1.70. The van der Waals surface area contributed by atoms with Crippen LogP contribution in [0.4, 0.5) is 0 Å². The molecule has 3 unspecified atom stereocenters. The minimum absolute atomic E-state index is 0.173. The summed E-state index contributed by atoms with van der Waals surface area (Å²) >= 11 is 3.47. The lowest BCUT2D eigenvalue weighted by Gasteiger charge is -2.19. The summed E-state index contributed by atoms with van der Waals surface area (Å²) in [7, 11) is 0. The van der Waals surface area contributed by atoms with Crippen molar-refractivity contribution >= 4 is 33.7 Å². The van der Waals surface area contributed by atoms with Crippen LogP contribution in [0.25, 0.3) is 0 Å². The van der Waals surface area contributed by atoms with Crippen LogP contribution in [0.1, 0.15) is 44.2 Å². The molecule has 1 saturated heterocycles. The molecular formula is C18H21BrN2O3. The van der Waals surface area contributed by atoms with E-state index in [0.29, 0.717) is 0 Å². The average Bonchev–Trinajstić information content (AvgIpc) is 2.80. The van der Waals surface area contributed by atoms with Gasteiger partial charge in [0, 0.05) is 4.47 Å². The van der Waals surface area contributed by atoms with Crippen LogP contribution >= 0.6 is 15.9 Å². The molecule has 1 aromatic carbocycles. The molecule has 1 aliphatic heterocycles. The SMILES string of the molecule is CC(NC(=O)CN1C(=O)C2CCCCC2C1=O)c1ccccc1Br. The Morgan fingerprint density at radius 3 is 2.38 bits per heavy atom. The molecule has 1 saturated carbocycles. The first-order chi connectivity index (χ1) is 11.5. The summed E-state index contributed by atoms with van der Waals surface area (Å²) in [4.78, 5) is 38.3. The van der Waals surface area contributed by atoms with Gasteiger partial charge in [0.2, 0.25) is 17.7 Å². The Kier molecular flexibility index (Phi) is 5.04. The maximum absolute atomic E-state index is 12.4. The van der Waals surface area contributed by atoms with Crippen LogP contribution in [-0.2, 0) is 14.4 Å². The molecule has 2 fully saturated rings. The van der Waals surface area contributed by atoms with Crippen LogP contribution in [0.3, 0.4) is 0 Å². The number of amides is 3. The van der Waals surface area contributed by atoms with Crippen LogP contribution in [0.15, 0.2) is 28.7 Å². The summed E-state index contributed by atoms with van der Waals surface area (Å²) < 4.78 is 0.914. The number of carbonyl (C=O) groups excluding carboxylic acids is 3. The Balaban J connectivity index is 1.63. The maximum Gasteiger partial charge on any atom is 0.240 e. The minimum atomic E-state index is -0.307. The molecule has 0 radical (unpaired) electrons. The van der Waals surface area contributed by atoms with Gasteiger partial charge in [-0.2, -0.15) is 0 Å². The van der Waals surface area contributed by atoms with Crippen molar-refractivity contribution in [1.82, 2.24) is 10.2 Å². The highest BCUT2D eigenvalue weighted by Gasteiger charge is 2.48. The first-order valence-corrected chi connectivity index (χ1v) is 9.17. The van der Waals surface area contributed by atoms with E-state index in [-0.39, 0.29) is 42.1 Å². The number of likely N-dealkylation sites (tertiary alicyclic amines) is 1. The summed E-state index contributed by atoms with van der Waals surface area (Å²) in [6.07, 6.45) is 3.50. The van der Waals surface area contributed by atoms with Crippen molar-refractivity contribution in [1.29, 1.82) is 0 Å². The smallest absolute Gasteiger partial charge is 0.240 e. The third kappa shape index (κ3) is 3.24. The van der Waals surface area contributed by atoms with Gasteiger partial charge in [-0.05, 0) is 31.4 Å². The third-order valence-corrected chi connectivity index (χ3v) is 5.71. The van der Waals surface area contributed by atoms with Crippen LogP contribution < -0.4 is 5.32 Å². The number of halogens is 1. The maximum atomic E-state index is 12.4. The summed E-state index contributed by atoms with van der Waals surface area (Å²) in [5.74, 6) is -1.07. The Hall–Kier alpha value is -1.69.